The molecule has 0 atom stereocenters. The highest BCUT2D eigenvalue weighted by Crippen LogP contribution is 2.13. The monoisotopic (exact) mass is 162 g/mol. The first-order valence-electron chi connectivity index (χ1n) is 4.25. The molecular weight excluding hydrogens is 148 g/mol. The lowest BCUT2D eigenvalue weighted by Crippen LogP contribution is -1.78. The Balaban J connectivity index is 0.000000845. The quantitative estimate of drug-likeness (QED) is 0.686. The van der Waals surface area contributed by atoms with E-state index in [-0.39, 0.29) is 1.43 Å². The molecule has 0 aliphatic rings. The van der Waals surface area contributed by atoms with Gasteiger partial charge in [0.2, 0.25) is 0 Å². The Bertz CT molecular complexity index is 406. The number of hydrogen-bond donors (Lipinski definition) is 1. The molecule has 1 N–H and O–H groups in total. The van der Waals surface area contributed by atoms with Crippen molar-refractivity contribution in [3.05, 3.63) is 29.6 Å². The van der Waals surface area contributed by atoms with E-state index in [0.29, 0.717) is 0 Å². The summed E-state index contributed by atoms with van der Waals surface area (Å²) in [4.78, 5) is 7.56. The first-order chi connectivity index (χ1) is 5.79. The number of rotatable bonds is 1. The third kappa shape index (κ3) is 1.09. The number of aromatic amines is 1. The van der Waals surface area contributed by atoms with Crippen molar-refractivity contribution in [1.29, 1.82) is 0 Å². The SMILES string of the molecule is CCc1ccc2nc(C)[nH]c2c1.[HH]. The van der Waals surface area contributed by atoms with Crippen molar-refractivity contribution < 1.29 is 1.43 Å². The summed E-state index contributed by atoms with van der Waals surface area (Å²) < 4.78 is 0. The number of H-pyrrole nitrogens is 1. The minimum absolute atomic E-state index is 0. The van der Waals surface area contributed by atoms with Crippen LogP contribution < -0.4 is 0 Å². The van der Waals surface area contributed by atoms with Crippen LogP contribution in [0.25, 0.3) is 11.0 Å². The van der Waals surface area contributed by atoms with E-state index in [0.717, 1.165) is 23.3 Å². The highest BCUT2D eigenvalue weighted by Gasteiger charge is 1.98. The molecule has 0 amide bonds. The summed E-state index contributed by atoms with van der Waals surface area (Å²) in [5, 5.41) is 0. The zero-order valence-electron chi connectivity index (χ0n) is 7.39. The summed E-state index contributed by atoms with van der Waals surface area (Å²) in [7, 11) is 0. The Labute approximate surface area is 73.1 Å². The van der Waals surface area contributed by atoms with Crippen molar-refractivity contribution in [2.24, 2.45) is 0 Å². The van der Waals surface area contributed by atoms with Crippen LogP contribution in [-0.2, 0) is 6.42 Å². The lowest BCUT2D eigenvalue weighted by molar-refractivity contribution is 1.14. The van der Waals surface area contributed by atoms with Gasteiger partial charge in [-0.05, 0) is 31.0 Å². The Morgan fingerprint density at radius 3 is 3.08 bits per heavy atom. The summed E-state index contributed by atoms with van der Waals surface area (Å²) in [6.07, 6.45) is 1.08. The maximum Gasteiger partial charge on any atom is 0.104 e. The number of fused-ring (bicyclic) bond motifs is 1. The Hall–Kier alpha value is -1.31. The molecule has 64 valence electrons. The predicted molar refractivity (Wildman–Crippen MR) is 52.3 cm³/mol. The first-order valence-corrected chi connectivity index (χ1v) is 4.25. The number of aryl methyl sites for hydroxylation is 2. The number of benzene rings is 1. The van der Waals surface area contributed by atoms with Gasteiger partial charge in [-0.2, -0.15) is 0 Å². The van der Waals surface area contributed by atoms with Gasteiger partial charge < -0.3 is 4.98 Å². The summed E-state index contributed by atoms with van der Waals surface area (Å²) >= 11 is 0. The Morgan fingerprint density at radius 1 is 1.50 bits per heavy atom. The maximum atomic E-state index is 4.33. The van der Waals surface area contributed by atoms with E-state index in [2.05, 4.69) is 35.1 Å². The van der Waals surface area contributed by atoms with Crippen LogP contribution in [0.4, 0.5) is 0 Å². The minimum atomic E-state index is 0. The third-order valence-corrected chi connectivity index (χ3v) is 2.07. The zero-order chi connectivity index (χ0) is 8.55. The molecule has 0 aliphatic carbocycles. The van der Waals surface area contributed by atoms with Crippen LogP contribution in [0.5, 0.6) is 0 Å². The normalized spacial score (nSPS) is 10.8. The van der Waals surface area contributed by atoms with E-state index >= 15 is 0 Å². The molecule has 2 nitrogen and oxygen atoms in total. The van der Waals surface area contributed by atoms with Gasteiger partial charge in [0.15, 0.2) is 0 Å². The van der Waals surface area contributed by atoms with Gasteiger partial charge in [0.05, 0.1) is 11.0 Å². The van der Waals surface area contributed by atoms with Gasteiger partial charge in [0.25, 0.3) is 0 Å². The summed E-state index contributed by atoms with van der Waals surface area (Å²) in [5.41, 5.74) is 3.56. The third-order valence-electron chi connectivity index (χ3n) is 2.07. The summed E-state index contributed by atoms with van der Waals surface area (Å²) in [6, 6.07) is 6.36. The molecule has 0 radical (unpaired) electrons. The van der Waals surface area contributed by atoms with E-state index in [1.807, 2.05) is 6.92 Å². The molecule has 0 spiro atoms. The highest BCUT2D eigenvalue weighted by molar-refractivity contribution is 5.75. The average Bonchev–Trinajstić information content (AvgIpc) is 2.43. The molecular formula is C10H14N2. The second kappa shape index (κ2) is 2.63. The van der Waals surface area contributed by atoms with Crippen LogP contribution in [0.1, 0.15) is 19.7 Å². The Kier molecular flexibility index (Phi) is 1.61. The van der Waals surface area contributed by atoms with Gasteiger partial charge in [-0.15, -0.1) is 0 Å². The molecule has 1 heterocycles. The van der Waals surface area contributed by atoms with Crippen molar-refractivity contribution in [2.45, 2.75) is 20.3 Å². The fourth-order valence-electron chi connectivity index (χ4n) is 1.40. The van der Waals surface area contributed by atoms with Gasteiger partial charge in [-0.25, -0.2) is 4.98 Å². The van der Waals surface area contributed by atoms with Crippen LogP contribution in [0, 0.1) is 6.92 Å². The predicted octanol–water partition coefficient (Wildman–Crippen LogP) is 2.68. The van der Waals surface area contributed by atoms with Crippen molar-refractivity contribution in [1.82, 2.24) is 9.97 Å². The lowest BCUT2D eigenvalue weighted by atomic mass is 10.1. The molecule has 0 fully saturated rings. The number of nitrogens with zero attached hydrogens (tertiary/aromatic N) is 1. The zero-order valence-corrected chi connectivity index (χ0v) is 7.39. The topological polar surface area (TPSA) is 28.7 Å². The minimum Gasteiger partial charge on any atom is -0.342 e. The summed E-state index contributed by atoms with van der Waals surface area (Å²) in [5.74, 6) is 0.984. The van der Waals surface area contributed by atoms with E-state index in [1.54, 1.807) is 0 Å². The number of aromatic nitrogens is 2. The van der Waals surface area contributed by atoms with Gasteiger partial charge >= 0.3 is 0 Å². The van der Waals surface area contributed by atoms with Gasteiger partial charge in [-0.3, -0.25) is 0 Å². The van der Waals surface area contributed by atoms with E-state index in [4.69, 9.17) is 0 Å². The van der Waals surface area contributed by atoms with E-state index in [9.17, 15) is 0 Å². The fraction of sp³-hybridized carbons (Fsp3) is 0.300. The summed E-state index contributed by atoms with van der Waals surface area (Å²) in [6.45, 7) is 4.13. The van der Waals surface area contributed by atoms with Crippen molar-refractivity contribution in [3.8, 4) is 0 Å². The molecule has 0 saturated heterocycles. The first kappa shape index (κ1) is 7.35. The Morgan fingerprint density at radius 2 is 2.33 bits per heavy atom. The standard InChI is InChI=1S/C10H12N2.H2/c1-3-8-4-5-9-10(6-8)12-7(2)11-9;/h4-6H,3H2,1-2H3,(H,11,12);1H. The molecule has 12 heavy (non-hydrogen) atoms. The average molecular weight is 162 g/mol. The van der Waals surface area contributed by atoms with Gasteiger partial charge in [-0.1, -0.05) is 13.0 Å². The van der Waals surface area contributed by atoms with Crippen LogP contribution in [0.3, 0.4) is 0 Å². The maximum absolute atomic E-state index is 4.33. The molecule has 2 aromatic rings. The highest BCUT2D eigenvalue weighted by atomic mass is 14.9. The lowest BCUT2D eigenvalue weighted by Gasteiger charge is -1.93. The van der Waals surface area contributed by atoms with Crippen molar-refractivity contribution in [2.75, 3.05) is 0 Å². The van der Waals surface area contributed by atoms with E-state index in [1.165, 1.54) is 5.56 Å². The molecule has 0 bridgehead atoms. The van der Waals surface area contributed by atoms with Gasteiger partial charge in [0.1, 0.15) is 5.82 Å². The number of hydrogen-bond acceptors (Lipinski definition) is 1. The van der Waals surface area contributed by atoms with E-state index < -0.39 is 0 Å². The number of imidazole rings is 1. The molecule has 0 saturated carbocycles. The smallest absolute Gasteiger partial charge is 0.104 e. The number of nitrogens with one attached hydrogen (secondary N) is 1. The fourth-order valence-corrected chi connectivity index (χ4v) is 1.40. The molecule has 0 unspecified atom stereocenters. The van der Waals surface area contributed by atoms with Crippen molar-refractivity contribution >= 4 is 11.0 Å². The largest absolute Gasteiger partial charge is 0.342 e. The molecule has 2 rings (SSSR count). The second-order valence-electron chi connectivity index (χ2n) is 3.03. The molecule has 1 aromatic heterocycles. The second-order valence-corrected chi connectivity index (χ2v) is 3.03. The van der Waals surface area contributed by atoms with Crippen LogP contribution >= 0.6 is 0 Å². The van der Waals surface area contributed by atoms with Crippen LogP contribution in [-0.4, -0.2) is 9.97 Å². The van der Waals surface area contributed by atoms with Crippen molar-refractivity contribution in [3.63, 3.8) is 0 Å². The molecule has 0 aliphatic heterocycles. The van der Waals surface area contributed by atoms with Gasteiger partial charge in [0, 0.05) is 1.43 Å². The van der Waals surface area contributed by atoms with Crippen LogP contribution in [0.15, 0.2) is 18.2 Å². The van der Waals surface area contributed by atoms with Crippen LogP contribution in [0.2, 0.25) is 0 Å². The molecule has 2 heteroatoms. The molecule has 1 aromatic carbocycles.